The first kappa shape index (κ1) is 18.2. The van der Waals surface area contributed by atoms with E-state index in [4.69, 9.17) is 16.7 Å². The molecule has 0 unspecified atom stereocenters. The summed E-state index contributed by atoms with van der Waals surface area (Å²) in [4.78, 5) is 12.1. The van der Waals surface area contributed by atoms with Gasteiger partial charge in [0.15, 0.2) is 0 Å². The second kappa shape index (κ2) is 7.35. The van der Waals surface area contributed by atoms with Crippen LogP contribution < -0.4 is 10.5 Å². The summed E-state index contributed by atoms with van der Waals surface area (Å²) in [6.07, 6.45) is 0. The second-order valence-corrected chi connectivity index (χ2v) is 9.34. The number of benzene rings is 2. The van der Waals surface area contributed by atoms with E-state index in [0.29, 0.717) is 10.7 Å². The minimum absolute atomic E-state index is 0.00284. The van der Waals surface area contributed by atoms with E-state index in [0.717, 1.165) is 14.3 Å². The fourth-order valence-corrected chi connectivity index (χ4v) is 5.24. The summed E-state index contributed by atoms with van der Waals surface area (Å²) in [5.41, 5.74) is 0.500. The Morgan fingerprint density at radius 2 is 1.84 bits per heavy atom. The fourth-order valence-electron chi connectivity index (χ4n) is 2.14. The molecule has 0 atom stereocenters. The number of thioether (sulfide) groups is 1. The molecule has 0 aliphatic carbocycles. The van der Waals surface area contributed by atoms with E-state index < -0.39 is 10.0 Å². The zero-order valence-electron chi connectivity index (χ0n) is 12.7. The molecule has 0 aliphatic heterocycles. The summed E-state index contributed by atoms with van der Waals surface area (Å²) in [6.45, 7) is 0. The van der Waals surface area contributed by atoms with Crippen molar-refractivity contribution in [3.8, 4) is 0 Å². The molecule has 25 heavy (non-hydrogen) atoms. The summed E-state index contributed by atoms with van der Waals surface area (Å²) >= 11 is 9.26. The van der Waals surface area contributed by atoms with Gasteiger partial charge in [-0.3, -0.25) is 4.79 Å². The number of nitrogens with one attached hydrogen (secondary N) is 1. The second-order valence-electron chi connectivity index (χ2n) is 5.11. The van der Waals surface area contributed by atoms with Gasteiger partial charge in [0.25, 0.3) is 0 Å². The number of fused-ring (bicyclic) bond motifs is 1. The lowest BCUT2D eigenvalue weighted by Gasteiger charge is -2.05. The van der Waals surface area contributed by atoms with E-state index in [1.54, 1.807) is 11.3 Å². The van der Waals surface area contributed by atoms with Crippen molar-refractivity contribution in [3.63, 3.8) is 0 Å². The third-order valence-corrected chi connectivity index (χ3v) is 7.29. The standard InChI is InChI=1S/C16H13ClN2O3S3/c17-15-12-3-1-2-4-13(12)24-16(15)23-9-14(20)19-10-5-7-11(8-6-10)25(18,21)22/h1-8H,9H2,(H,19,20)(H2,18,21,22). The lowest BCUT2D eigenvalue weighted by Crippen LogP contribution is -2.15. The number of nitrogens with two attached hydrogens (primary N) is 1. The van der Waals surface area contributed by atoms with Gasteiger partial charge in [-0.05, 0) is 30.3 Å². The lowest BCUT2D eigenvalue weighted by atomic mass is 10.3. The number of sulfonamides is 1. The molecule has 0 saturated carbocycles. The van der Waals surface area contributed by atoms with Crippen molar-refractivity contribution < 1.29 is 13.2 Å². The van der Waals surface area contributed by atoms with Gasteiger partial charge in [0, 0.05) is 15.8 Å². The molecular weight excluding hydrogens is 400 g/mol. The Labute approximate surface area is 158 Å². The van der Waals surface area contributed by atoms with E-state index in [1.807, 2.05) is 24.3 Å². The smallest absolute Gasteiger partial charge is 0.238 e. The number of anilines is 1. The van der Waals surface area contributed by atoms with Crippen molar-refractivity contribution in [1.82, 2.24) is 0 Å². The molecule has 0 saturated heterocycles. The van der Waals surface area contributed by atoms with Crippen LogP contribution in [0, 0.1) is 0 Å². The Morgan fingerprint density at radius 3 is 2.48 bits per heavy atom. The van der Waals surface area contributed by atoms with Gasteiger partial charge in [-0.15, -0.1) is 23.1 Å². The fraction of sp³-hybridized carbons (Fsp3) is 0.0625. The first-order valence-corrected chi connectivity index (χ1v) is 10.8. The predicted molar refractivity (Wildman–Crippen MR) is 104 cm³/mol. The van der Waals surface area contributed by atoms with Crippen LogP contribution in [-0.2, 0) is 14.8 Å². The molecule has 9 heteroatoms. The van der Waals surface area contributed by atoms with Crippen molar-refractivity contribution >= 4 is 66.4 Å². The molecule has 130 valence electrons. The molecule has 3 aromatic rings. The average molecular weight is 413 g/mol. The number of hydrogen-bond acceptors (Lipinski definition) is 5. The third kappa shape index (κ3) is 4.34. The molecule has 0 aliphatic rings. The van der Waals surface area contributed by atoms with E-state index in [-0.39, 0.29) is 16.6 Å². The number of hydrogen-bond donors (Lipinski definition) is 2. The molecule has 0 spiro atoms. The normalized spacial score (nSPS) is 11.6. The zero-order chi connectivity index (χ0) is 18.0. The minimum atomic E-state index is -3.74. The summed E-state index contributed by atoms with van der Waals surface area (Å²) in [5, 5.41) is 9.39. The maximum atomic E-state index is 12.1. The molecule has 1 aromatic heterocycles. The van der Waals surface area contributed by atoms with E-state index >= 15 is 0 Å². The molecule has 3 rings (SSSR count). The molecule has 1 amide bonds. The van der Waals surface area contributed by atoms with Crippen LogP contribution in [0.2, 0.25) is 5.02 Å². The van der Waals surface area contributed by atoms with Crippen molar-refractivity contribution in [3.05, 3.63) is 53.6 Å². The summed E-state index contributed by atoms with van der Waals surface area (Å²) in [6, 6.07) is 13.5. The molecule has 3 N–H and O–H groups in total. The molecule has 1 heterocycles. The minimum Gasteiger partial charge on any atom is -0.325 e. The maximum absolute atomic E-state index is 12.1. The largest absolute Gasteiger partial charge is 0.325 e. The quantitative estimate of drug-likeness (QED) is 0.621. The van der Waals surface area contributed by atoms with Gasteiger partial charge >= 0.3 is 0 Å². The first-order chi connectivity index (χ1) is 11.8. The SMILES string of the molecule is NS(=O)(=O)c1ccc(NC(=O)CSc2sc3ccccc3c2Cl)cc1. The third-order valence-electron chi connectivity index (χ3n) is 3.31. The molecular formula is C16H13ClN2O3S3. The molecule has 0 fully saturated rings. The van der Waals surface area contributed by atoms with Crippen molar-refractivity contribution in [2.75, 3.05) is 11.1 Å². The lowest BCUT2D eigenvalue weighted by molar-refractivity contribution is -0.113. The highest BCUT2D eigenvalue weighted by atomic mass is 35.5. The highest BCUT2D eigenvalue weighted by molar-refractivity contribution is 8.02. The number of primary sulfonamides is 1. The van der Waals surface area contributed by atoms with Gasteiger partial charge in [0.1, 0.15) is 0 Å². The van der Waals surface area contributed by atoms with Crippen LogP contribution in [0.1, 0.15) is 0 Å². The summed E-state index contributed by atoms with van der Waals surface area (Å²) < 4.78 is 24.4. The predicted octanol–water partition coefficient (Wildman–Crippen LogP) is 3.93. The zero-order valence-corrected chi connectivity index (χ0v) is 15.9. The molecule has 2 aromatic carbocycles. The Bertz CT molecular complexity index is 1030. The number of carbonyl (C=O) groups is 1. The van der Waals surface area contributed by atoms with E-state index in [9.17, 15) is 13.2 Å². The van der Waals surface area contributed by atoms with Crippen molar-refractivity contribution in [2.45, 2.75) is 9.10 Å². The van der Waals surface area contributed by atoms with Crippen LogP contribution in [0.3, 0.4) is 0 Å². The van der Waals surface area contributed by atoms with Crippen LogP contribution in [-0.4, -0.2) is 20.1 Å². The maximum Gasteiger partial charge on any atom is 0.238 e. The average Bonchev–Trinajstić information content (AvgIpc) is 2.89. The topological polar surface area (TPSA) is 89.3 Å². The number of thiophene rings is 1. The number of halogens is 1. The van der Waals surface area contributed by atoms with Crippen LogP contribution in [0.5, 0.6) is 0 Å². The van der Waals surface area contributed by atoms with Crippen LogP contribution in [0.4, 0.5) is 5.69 Å². The number of amides is 1. The summed E-state index contributed by atoms with van der Waals surface area (Å²) in [5.74, 6) is -0.00870. The Balaban J connectivity index is 1.63. The highest BCUT2D eigenvalue weighted by Gasteiger charge is 2.13. The highest BCUT2D eigenvalue weighted by Crippen LogP contribution is 2.41. The number of rotatable bonds is 5. The summed E-state index contributed by atoms with van der Waals surface area (Å²) in [7, 11) is -3.74. The molecule has 0 bridgehead atoms. The van der Waals surface area contributed by atoms with Crippen molar-refractivity contribution in [1.29, 1.82) is 0 Å². The van der Waals surface area contributed by atoms with Gasteiger partial charge in [0.05, 0.1) is 19.9 Å². The van der Waals surface area contributed by atoms with Gasteiger partial charge in [-0.1, -0.05) is 29.8 Å². The monoisotopic (exact) mass is 412 g/mol. The molecule has 0 radical (unpaired) electrons. The Hall–Kier alpha value is -1.58. The van der Waals surface area contributed by atoms with Crippen LogP contribution >= 0.6 is 34.7 Å². The Morgan fingerprint density at radius 1 is 1.16 bits per heavy atom. The van der Waals surface area contributed by atoms with Crippen LogP contribution in [0.25, 0.3) is 10.1 Å². The van der Waals surface area contributed by atoms with Gasteiger partial charge < -0.3 is 5.32 Å². The van der Waals surface area contributed by atoms with Crippen LogP contribution in [0.15, 0.2) is 57.6 Å². The van der Waals surface area contributed by atoms with Gasteiger partial charge in [-0.25, -0.2) is 13.6 Å². The Kier molecular flexibility index (Phi) is 5.35. The first-order valence-electron chi connectivity index (χ1n) is 7.07. The van der Waals surface area contributed by atoms with Crippen molar-refractivity contribution in [2.24, 2.45) is 5.14 Å². The van der Waals surface area contributed by atoms with Gasteiger partial charge in [-0.2, -0.15) is 0 Å². The van der Waals surface area contributed by atoms with E-state index in [1.165, 1.54) is 36.0 Å². The number of carbonyl (C=O) groups excluding carboxylic acids is 1. The van der Waals surface area contributed by atoms with Gasteiger partial charge in [0.2, 0.25) is 15.9 Å². The van der Waals surface area contributed by atoms with E-state index in [2.05, 4.69) is 5.32 Å². The molecule has 5 nitrogen and oxygen atoms in total.